The van der Waals surface area contributed by atoms with Crippen molar-refractivity contribution in [3.05, 3.63) is 40.7 Å². The van der Waals surface area contributed by atoms with Gasteiger partial charge in [0.1, 0.15) is 5.54 Å². The fraction of sp³-hybridized carbons (Fsp3) is 0.412. The van der Waals surface area contributed by atoms with Gasteiger partial charge in [-0.2, -0.15) is 9.90 Å². The Morgan fingerprint density at radius 3 is 2.46 bits per heavy atom. The van der Waals surface area contributed by atoms with E-state index in [2.05, 4.69) is 15.5 Å². The number of aliphatic carboxylic acids is 1. The first-order valence-corrected chi connectivity index (χ1v) is 7.90. The lowest BCUT2D eigenvalue weighted by Crippen LogP contribution is -2.59. The van der Waals surface area contributed by atoms with E-state index in [1.807, 2.05) is 32.0 Å². The maximum atomic E-state index is 12.5. The van der Waals surface area contributed by atoms with E-state index >= 15 is 0 Å². The highest BCUT2D eigenvalue weighted by atomic mass is 16.4. The number of carbonyl (C=O) groups is 2. The normalized spacial score (nSPS) is 15.6. The van der Waals surface area contributed by atoms with Crippen molar-refractivity contribution >= 4 is 11.9 Å². The molecule has 1 fully saturated rings. The Balaban J connectivity index is 1.89. The summed E-state index contributed by atoms with van der Waals surface area (Å²) in [5, 5.41) is 20.5. The molecule has 0 unspecified atom stereocenters. The molecule has 0 atom stereocenters. The monoisotopic (exact) mass is 328 g/mol. The van der Waals surface area contributed by atoms with E-state index in [0.717, 1.165) is 23.2 Å². The molecule has 3 rings (SSSR count). The van der Waals surface area contributed by atoms with E-state index in [1.165, 1.54) is 4.80 Å². The summed E-state index contributed by atoms with van der Waals surface area (Å²) in [6.07, 6.45) is 1.68. The van der Waals surface area contributed by atoms with Crippen LogP contribution in [0.2, 0.25) is 0 Å². The van der Waals surface area contributed by atoms with Crippen LogP contribution in [0.3, 0.4) is 0 Å². The third-order valence-corrected chi connectivity index (χ3v) is 4.53. The van der Waals surface area contributed by atoms with E-state index in [4.69, 9.17) is 0 Å². The number of carboxylic acids is 1. The number of rotatable bonds is 4. The molecule has 7 nitrogen and oxygen atoms in total. The Morgan fingerprint density at radius 1 is 1.21 bits per heavy atom. The number of carbonyl (C=O) groups excluding carboxylic acids is 1. The smallest absolute Gasteiger partial charge is 0.329 e. The molecule has 1 aromatic carbocycles. The van der Waals surface area contributed by atoms with Gasteiger partial charge in [0, 0.05) is 0 Å². The first-order valence-electron chi connectivity index (χ1n) is 7.90. The number of benzene rings is 1. The molecule has 1 saturated carbocycles. The van der Waals surface area contributed by atoms with Crippen LogP contribution in [-0.2, 0) is 4.79 Å². The third kappa shape index (κ3) is 2.66. The van der Waals surface area contributed by atoms with Crippen molar-refractivity contribution in [2.45, 2.75) is 45.6 Å². The van der Waals surface area contributed by atoms with Crippen LogP contribution in [0.15, 0.2) is 18.2 Å². The fourth-order valence-corrected chi connectivity index (χ4v) is 2.93. The summed E-state index contributed by atoms with van der Waals surface area (Å²) >= 11 is 0. The number of amides is 1. The molecular formula is C17H20N4O3. The van der Waals surface area contributed by atoms with Gasteiger partial charge in [0.2, 0.25) is 0 Å². The summed E-state index contributed by atoms with van der Waals surface area (Å²) in [6, 6.07) is 5.87. The highest BCUT2D eigenvalue weighted by Crippen LogP contribution is 2.32. The van der Waals surface area contributed by atoms with E-state index in [9.17, 15) is 14.7 Å². The molecule has 24 heavy (non-hydrogen) atoms. The number of nitrogens with zero attached hydrogens (tertiary/aromatic N) is 3. The average molecular weight is 328 g/mol. The van der Waals surface area contributed by atoms with Crippen LogP contribution in [0.4, 0.5) is 0 Å². The molecule has 1 amide bonds. The zero-order chi connectivity index (χ0) is 17.5. The number of hydrogen-bond donors (Lipinski definition) is 2. The zero-order valence-corrected chi connectivity index (χ0v) is 14.0. The van der Waals surface area contributed by atoms with E-state index in [1.54, 1.807) is 6.92 Å². The second-order valence-corrected chi connectivity index (χ2v) is 6.41. The fourth-order valence-electron chi connectivity index (χ4n) is 2.93. The Hall–Kier alpha value is -2.70. The Kier molecular flexibility index (Phi) is 3.87. The molecule has 1 heterocycles. The lowest BCUT2D eigenvalue weighted by Gasteiger charge is -2.37. The standard InChI is InChI=1S/C17H20N4O3/c1-10-5-6-13(11(2)9-10)21-19-12(3)14(20-21)15(22)18-17(16(23)24)7-4-8-17/h5-6,9H,4,7-8H2,1-3H3,(H,18,22)(H,23,24). The van der Waals surface area contributed by atoms with Crippen LogP contribution in [0.1, 0.15) is 46.6 Å². The SMILES string of the molecule is Cc1ccc(-n2nc(C)c(C(=O)NC3(C(=O)O)CCC3)n2)c(C)c1. The van der Waals surface area contributed by atoms with Crippen molar-refractivity contribution in [1.29, 1.82) is 0 Å². The van der Waals surface area contributed by atoms with Crippen LogP contribution in [-0.4, -0.2) is 37.5 Å². The van der Waals surface area contributed by atoms with Gasteiger partial charge in [-0.1, -0.05) is 17.7 Å². The molecule has 7 heteroatoms. The lowest BCUT2D eigenvalue weighted by molar-refractivity contribution is -0.148. The van der Waals surface area contributed by atoms with Crippen molar-refractivity contribution in [2.24, 2.45) is 0 Å². The van der Waals surface area contributed by atoms with Gasteiger partial charge in [0.25, 0.3) is 5.91 Å². The molecule has 0 spiro atoms. The first kappa shape index (κ1) is 16.2. The molecule has 0 bridgehead atoms. The number of aryl methyl sites for hydroxylation is 3. The quantitative estimate of drug-likeness (QED) is 0.894. The van der Waals surface area contributed by atoms with Gasteiger partial charge in [-0.25, -0.2) is 4.79 Å². The third-order valence-electron chi connectivity index (χ3n) is 4.53. The van der Waals surface area contributed by atoms with Crippen molar-refractivity contribution < 1.29 is 14.7 Å². The zero-order valence-electron chi connectivity index (χ0n) is 14.0. The molecule has 0 saturated heterocycles. The first-order chi connectivity index (χ1) is 11.3. The highest BCUT2D eigenvalue weighted by molar-refractivity contribution is 5.97. The maximum Gasteiger partial charge on any atom is 0.329 e. The van der Waals surface area contributed by atoms with Gasteiger partial charge >= 0.3 is 5.97 Å². The maximum absolute atomic E-state index is 12.5. The predicted molar refractivity (Wildman–Crippen MR) is 87.3 cm³/mol. The van der Waals surface area contributed by atoms with Gasteiger partial charge in [-0.15, -0.1) is 5.10 Å². The van der Waals surface area contributed by atoms with Gasteiger partial charge in [0.05, 0.1) is 11.4 Å². The number of hydrogen-bond acceptors (Lipinski definition) is 4. The van der Waals surface area contributed by atoms with Crippen LogP contribution >= 0.6 is 0 Å². The molecule has 2 aromatic rings. The number of carboxylic acid groups (broad SMARTS) is 1. The minimum atomic E-state index is -1.16. The van der Waals surface area contributed by atoms with Crippen molar-refractivity contribution in [3.8, 4) is 5.69 Å². The summed E-state index contributed by atoms with van der Waals surface area (Å²) in [5.74, 6) is -1.49. The molecular weight excluding hydrogens is 308 g/mol. The Bertz CT molecular complexity index is 821. The Labute approximate surface area is 139 Å². The summed E-state index contributed by atoms with van der Waals surface area (Å²) < 4.78 is 0. The highest BCUT2D eigenvalue weighted by Gasteiger charge is 2.46. The van der Waals surface area contributed by atoms with Gasteiger partial charge in [-0.05, 0) is 51.7 Å². The summed E-state index contributed by atoms with van der Waals surface area (Å²) in [6.45, 7) is 5.64. The van der Waals surface area contributed by atoms with Crippen molar-refractivity contribution in [2.75, 3.05) is 0 Å². The molecule has 126 valence electrons. The minimum absolute atomic E-state index is 0.155. The topological polar surface area (TPSA) is 97.1 Å². The second-order valence-electron chi connectivity index (χ2n) is 6.41. The van der Waals surface area contributed by atoms with Crippen molar-refractivity contribution in [3.63, 3.8) is 0 Å². The largest absolute Gasteiger partial charge is 0.480 e. The van der Waals surface area contributed by atoms with Gasteiger partial charge in [0.15, 0.2) is 5.69 Å². The lowest BCUT2D eigenvalue weighted by atomic mass is 9.76. The molecule has 0 aliphatic heterocycles. The average Bonchev–Trinajstić information content (AvgIpc) is 2.84. The van der Waals surface area contributed by atoms with E-state index < -0.39 is 17.4 Å². The second kappa shape index (κ2) is 5.74. The molecule has 1 aromatic heterocycles. The molecule has 0 radical (unpaired) electrons. The molecule has 2 N–H and O–H groups in total. The summed E-state index contributed by atoms with van der Waals surface area (Å²) in [4.78, 5) is 25.3. The van der Waals surface area contributed by atoms with E-state index in [-0.39, 0.29) is 5.69 Å². The van der Waals surface area contributed by atoms with E-state index in [0.29, 0.717) is 18.5 Å². The minimum Gasteiger partial charge on any atom is -0.480 e. The van der Waals surface area contributed by atoms with Gasteiger partial charge in [-0.3, -0.25) is 4.79 Å². The number of aromatic nitrogens is 3. The van der Waals surface area contributed by atoms with Crippen LogP contribution in [0, 0.1) is 20.8 Å². The molecule has 1 aliphatic carbocycles. The van der Waals surface area contributed by atoms with Crippen LogP contribution in [0.25, 0.3) is 5.69 Å². The van der Waals surface area contributed by atoms with Crippen LogP contribution < -0.4 is 5.32 Å². The van der Waals surface area contributed by atoms with Crippen molar-refractivity contribution in [1.82, 2.24) is 20.3 Å². The number of nitrogens with one attached hydrogen (secondary N) is 1. The van der Waals surface area contributed by atoms with Gasteiger partial charge < -0.3 is 10.4 Å². The summed E-state index contributed by atoms with van der Waals surface area (Å²) in [7, 11) is 0. The molecule has 1 aliphatic rings. The summed E-state index contributed by atoms with van der Waals surface area (Å²) in [5.41, 5.74) is 2.38. The van der Waals surface area contributed by atoms with Crippen LogP contribution in [0.5, 0.6) is 0 Å². The predicted octanol–water partition coefficient (Wildman–Crippen LogP) is 1.93. The Morgan fingerprint density at radius 2 is 1.92 bits per heavy atom.